The average molecular weight is 459 g/mol. The molecule has 0 bridgehead atoms. The number of pyridine rings is 1. The number of carbonyl (C=O) groups excluding carboxylic acids is 1. The van der Waals surface area contributed by atoms with Crippen molar-refractivity contribution in [1.29, 1.82) is 0 Å². The van der Waals surface area contributed by atoms with Gasteiger partial charge in [0.05, 0.1) is 12.1 Å². The maximum Gasteiger partial charge on any atom is 0.222 e. The van der Waals surface area contributed by atoms with Crippen molar-refractivity contribution < 1.29 is 14.4 Å². The van der Waals surface area contributed by atoms with Crippen molar-refractivity contribution in [1.82, 2.24) is 20.3 Å². The molecule has 0 aliphatic carbocycles. The summed E-state index contributed by atoms with van der Waals surface area (Å²) in [5.41, 5.74) is 7.93. The lowest BCUT2D eigenvalue weighted by Gasteiger charge is -2.16. The Morgan fingerprint density at radius 1 is 1.21 bits per heavy atom. The summed E-state index contributed by atoms with van der Waals surface area (Å²) in [4.78, 5) is 27.5. The van der Waals surface area contributed by atoms with E-state index in [0.29, 0.717) is 13.0 Å². The number of ether oxygens (including phenoxy) is 1. The van der Waals surface area contributed by atoms with Gasteiger partial charge in [0.2, 0.25) is 5.91 Å². The van der Waals surface area contributed by atoms with Crippen LogP contribution in [-0.2, 0) is 4.79 Å². The van der Waals surface area contributed by atoms with Gasteiger partial charge in [0.1, 0.15) is 17.1 Å². The highest BCUT2D eigenvalue weighted by molar-refractivity contribution is 6.15. The van der Waals surface area contributed by atoms with Crippen molar-refractivity contribution in [3.63, 3.8) is 0 Å². The molecule has 7 nitrogen and oxygen atoms in total. The molecule has 1 aliphatic heterocycles. The van der Waals surface area contributed by atoms with Crippen LogP contribution in [0.2, 0.25) is 0 Å². The molecular formula is C27H30N4O3. The Kier molecular flexibility index (Phi) is 6.36. The highest BCUT2D eigenvalue weighted by Crippen LogP contribution is 2.39. The van der Waals surface area contributed by atoms with E-state index < -0.39 is 0 Å². The van der Waals surface area contributed by atoms with E-state index in [2.05, 4.69) is 40.6 Å². The Hall–Kier alpha value is -3.58. The quantitative estimate of drug-likeness (QED) is 0.273. The Labute approximate surface area is 199 Å². The number of fused-ring (bicyclic) bond motifs is 3. The van der Waals surface area contributed by atoms with Crippen molar-refractivity contribution in [3.05, 3.63) is 54.2 Å². The van der Waals surface area contributed by atoms with E-state index in [0.717, 1.165) is 82.6 Å². The molecule has 176 valence electrons. The fraction of sp³-hybridized carbons (Fsp3) is 0.333. The molecule has 34 heavy (non-hydrogen) atoms. The number of aryl methyl sites for hydroxylation is 1. The first-order valence-electron chi connectivity index (χ1n) is 12.0. The third kappa shape index (κ3) is 4.43. The van der Waals surface area contributed by atoms with Gasteiger partial charge in [0.25, 0.3) is 0 Å². The van der Waals surface area contributed by atoms with Crippen LogP contribution in [0.15, 0.2) is 48.7 Å². The first-order valence-corrected chi connectivity index (χ1v) is 12.0. The summed E-state index contributed by atoms with van der Waals surface area (Å²) < 4.78 is 6.21. The van der Waals surface area contributed by atoms with E-state index in [4.69, 9.17) is 9.57 Å². The molecule has 4 aromatic rings. The average Bonchev–Trinajstić information content (AvgIpc) is 3.44. The second-order valence-corrected chi connectivity index (χ2v) is 8.71. The number of nitrogens with one attached hydrogen (secondary N) is 2. The van der Waals surface area contributed by atoms with Crippen molar-refractivity contribution in [2.75, 3.05) is 26.2 Å². The van der Waals surface area contributed by atoms with Gasteiger partial charge < -0.3 is 19.5 Å². The Bertz CT molecular complexity index is 1330. The zero-order valence-corrected chi connectivity index (χ0v) is 19.7. The molecule has 3 heterocycles. The molecule has 0 radical (unpaired) electrons. The van der Waals surface area contributed by atoms with E-state index >= 15 is 0 Å². The lowest BCUT2D eigenvalue weighted by atomic mass is 9.99. The molecule has 2 N–H and O–H groups in total. The van der Waals surface area contributed by atoms with E-state index in [9.17, 15) is 4.79 Å². The van der Waals surface area contributed by atoms with E-state index in [1.54, 1.807) is 0 Å². The monoisotopic (exact) mass is 458 g/mol. The van der Waals surface area contributed by atoms with Gasteiger partial charge in [-0.2, -0.15) is 5.48 Å². The number of hydrogen-bond acceptors (Lipinski definition) is 5. The minimum absolute atomic E-state index is 0.254. The first kappa shape index (κ1) is 22.2. The number of amides is 1. The molecule has 1 fully saturated rings. The number of aromatic amines is 1. The van der Waals surface area contributed by atoms with Gasteiger partial charge in [-0.3, -0.25) is 4.79 Å². The minimum Gasteiger partial charge on any atom is -0.491 e. The van der Waals surface area contributed by atoms with Crippen LogP contribution in [0, 0.1) is 6.92 Å². The topological polar surface area (TPSA) is 79.5 Å². The number of hydroxylamine groups is 1. The van der Waals surface area contributed by atoms with Gasteiger partial charge in [-0.05, 0) is 73.7 Å². The van der Waals surface area contributed by atoms with E-state index in [1.807, 2.05) is 42.3 Å². The smallest absolute Gasteiger partial charge is 0.222 e. The van der Waals surface area contributed by atoms with E-state index in [1.165, 1.54) is 0 Å². The highest BCUT2D eigenvalue weighted by atomic mass is 16.6. The zero-order chi connectivity index (χ0) is 23.5. The van der Waals surface area contributed by atoms with Crippen LogP contribution in [-0.4, -0.2) is 47.0 Å². The summed E-state index contributed by atoms with van der Waals surface area (Å²) in [7, 11) is 0. The third-order valence-electron chi connectivity index (χ3n) is 6.18. The fourth-order valence-corrected chi connectivity index (χ4v) is 4.59. The molecule has 2 aromatic heterocycles. The van der Waals surface area contributed by atoms with Gasteiger partial charge in [-0.1, -0.05) is 12.1 Å². The van der Waals surface area contributed by atoms with Gasteiger partial charge in [-0.15, -0.1) is 0 Å². The lowest BCUT2D eigenvalue weighted by Crippen LogP contribution is -2.26. The summed E-state index contributed by atoms with van der Waals surface area (Å²) in [5.74, 6) is 1.81. The Balaban J connectivity index is 1.48. The zero-order valence-electron chi connectivity index (χ0n) is 19.7. The van der Waals surface area contributed by atoms with Crippen molar-refractivity contribution in [2.24, 2.45) is 0 Å². The summed E-state index contributed by atoms with van der Waals surface area (Å²) in [6.45, 7) is 6.92. The lowest BCUT2D eigenvalue weighted by molar-refractivity contribution is -0.127. The summed E-state index contributed by atoms with van der Waals surface area (Å²) in [6, 6.07) is 14.3. The first-order chi connectivity index (χ1) is 16.6. The molecule has 0 spiro atoms. The van der Waals surface area contributed by atoms with Crippen LogP contribution in [0.25, 0.3) is 33.1 Å². The molecular weight excluding hydrogens is 428 g/mol. The molecule has 0 saturated carbocycles. The van der Waals surface area contributed by atoms with Crippen LogP contribution in [0.4, 0.5) is 0 Å². The third-order valence-corrected chi connectivity index (χ3v) is 6.18. The maximum absolute atomic E-state index is 11.9. The van der Waals surface area contributed by atoms with Crippen molar-refractivity contribution in [3.8, 4) is 22.6 Å². The number of hydrogen-bond donors (Lipinski definition) is 2. The van der Waals surface area contributed by atoms with E-state index in [-0.39, 0.29) is 5.91 Å². The van der Waals surface area contributed by atoms with Crippen LogP contribution in [0.5, 0.6) is 11.5 Å². The molecule has 0 unspecified atom stereocenters. The summed E-state index contributed by atoms with van der Waals surface area (Å²) in [6.07, 6.45) is 4.31. The van der Waals surface area contributed by atoms with Gasteiger partial charge in [0, 0.05) is 43.0 Å². The Morgan fingerprint density at radius 2 is 2.12 bits per heavy atom. The number of aromatic nitrogens is 2. The largest absolute Gasteiger partial charge is 0.491 e. The molecule has 1 amide bonds. The molecule has 1 aliphatic rings. The molecule has 1 saturated heterocycles. The standard InChI is InChI=1S/C27H30N4O3/c1-3-29-34-20-8-4-7-19(16-20)21-10-11-23(33-14-6-13-31-12-5-9-24(31)32)26-25(21)22-15-18(2)17-28-27(22)30-26/h4,7-8,10-11,15-17,29H,3,5-6,9,12-14H2,1-2H3,(H,28,30). The summed E-state index contributed by atoms with van der Waals surface area (Å²) in [5, 5.41) is 2.15. The molecule has 5 rings (SSSR count). The molecule has 2 aromatic carbocycles. The number of benzene rings is 2. The van der Waals surface area contributed by atoms with Crippen molar-refractivity contribution in [2.45, 2.75) is 33.1 Å². The normalized spacial score (nSPS) is 13.8. The molecule has 0 atom stereocenters. The number of likely N-dealkylation sites (tertiary alicyclic amines) is 1. The minimum atomic E-state index is 0.254. The number of rotatable bonds is 9. The molecule has 7 heteroatoms. The predicted molar refractivity (Wildman–Crippen MR) is 134 cm³/mol. The van der Waals surface area contributed by atoms with Crippen molar-refractivity contribution >= 4 is 27.8 Å². The number of H-pyrrole nitrogens is 1. The van der Waals surface area contributed by atoms with Gasteiger partial charge in [-0.25, -0.2) is 4.98 Å². The number of nitrogens with zero attached hydrogens (tertiary/aromatic N) is 2. The fourth-order valence-electron chi connectivity index (χ4n) is 4.59. The Morgan fingerprint density at radius 3 is 2.94 bits per heavy atom. The van der Waals surface area contributed by atoms with Gasteiger partial charge in [0.15, 0.2) is 0 Å². The van der Waals surface area contributed by atoms with Crippen LogP contribution in [0.1, 0.15) is 31.7 Å². The SMILES string of the molecule is CCNOc1cccc(-c2ccc(OCCCN3CCCC3=O)c3[nH]c4ncc(C)cc4c23)c1. The van der Waals surface area contributed by atoms with Crippen LogP contribution < -0.4 is 15.1 Å². The second kappa shape index (κ2) is 9.73. The number of carbonyl (C=O) groups is 1. The van der Waals surface area contributed by atoms with Crippen LogP contribution >= 0.6 is 0 Å². The van der Waals surface area contributed by atoms with Crippen LogP contribution in [0.3, 0.4) is 0 Å². The summed E-state index contributed by atoms with van der Waals surface area (Å²) >= 11 is 0. The second-order valence-electron chi connectivity index (χ2n) is 8.71. The predicted octanol–water partition coefficient (Wildman–Crippen LogP) is 4.99. The highest BCUT2D eigenvalue weighted by Gasteiger charge is 2.20. The van der Waals surface area contributed by atoms with Gasteiger partial charge >= 0.3 is 0 Å². The maximum atomic E-state index is 11.9.